The molecule has 0 N–H and O–H groups in total. The summed E-state index contributed by atoms with van der Waals surface area (Å²) in [5.74, 6) is 0. The van der Waals surface area contributed by atoms with Gasteiger partial charge in [-0.05, 0) is 30.7 Å². The molecular formula is C16H15ClN2. The van der Waals surface area contributed by atoms with Gasteiger partial charge in [0.15, 0.2) is 0 Å². The van der Waals surface area contributed by atoms with Crippen molar-refractivity contribution in [2.45, 2.75) is 13.5 Å². The summed E-state index contributed by atoms with van der Waals surface area (Å²) in [7, 11) is 2.01. The molecule has 0 fully saturated rings. The van der Waals surface area contributed by atoms with E-state index >= 15 is 0 Å². The average molecular weight is 271 g/mol. The van der Waals surface area contributed by atoms with Crippen molar-refractivity contribution in [3.05, 3.63) is 64.2 Å². The highest BCUT2D eigenvalue weighted by Crippen LogP contribution is 2.23. The summed E-state index contributed by atoms with van der Waals surface area (Å²) < 4.78 is 0. The Balaban J connectivity index is 2.18. The molecule has 2 aromatic carbocycles. The zero-order valence-electron chi connectivity index (χ0n) is 11.0. The number of aryl methyl sites for hydroxylation is 1. The van der Waals surface area contributed by atoms with E-state index in [1.165, 1.54) is 11.1 Å². The Labute approximate surface area is 118 Å². The Morgan fingerprint density at radius 3 is 2.63 bits per heavy atom. The maximum Gasteiger partial charge on any atom is 0.101 e. The van der Waals surface area contributed by atoms with Crippen LogP contribution in [-0.4, -0.2) is 7.05 Å². The van der Waals surface area contributed by atoms with Crippen LogP contribution in [-0.2, 0) is 6.54 Å². The van der Waals surface area contributed by atoms with E-state index in [2.05, 4.69) is 42.2 Å². The molecule has 0 unspecified atom stereocenters. The largest absolute Gasteiger partial charge is 0.370 e. The maximum atomic E-state index is 8.87. The summed E-state index contributed by atoms with van der Waals surface area (Å²) in [5, 5.41) is 9.36. The molecule has 2 rings (SSSR count). The smallest absolute Gasteiger partial charge is 0.101 e. The number of halogens is 1. The van der Waals surface area contributed by atoms with E-state index in [1.54, 1.807) is 6.07 Å². The number of anilines is 1. The van der Waals surface area contributed by atoms with Crippen molar-refractivity contribution >= 4 is 17.3 Å². The lowest BCUT2D eigenvalue weighted by molar-refractivity contribution is 0.921. The summed E-state index contributed by atoms with van der Waals surface area (Å²) in [4.78, 5) is 2.11. The third kappa shape index (κ3) is 3.27. The van der Waals surface area contributed by atoms with Gasteiger partial charge in [0.1, 0.15) is 6.07 Å². The molecule has 0 aromatic heterocycles. The van der Waals surface area contributed by atoms with E-state index in [0.29, 0.717) is 10.6 Å². The molecule has 2 nitrogen and oxygen atoms in total. The van der Waals surface area contributed by atoms with Gasteiger partial charge in [-0.25, -0.2) is 0 Å². The Hall–Kier alpha value is -1.98. The summed E-state index contributed by atoms with van der Waals surface area (Å²) in [6.07, 6.45) is 0. The number of hydrogen-bond donors (Lipinski definition) is 0. The van der Waals surface area contributed by atoms with Crippen molar-refractivity contribution in [2.24, 2.45) is 0 Å². The number of hydrogen-bond acceptors (Lipinski definition) is 2. The van der Waals surface area contributed by atoms with Gasteiger partial charge in [-0.15, -0.1) is 0 Å². The molecule has 0 amide bonds. The van der Waals surface area contributed by atoms with Crippen LogP contribution in [0.1, 0.15) is 16.7 Å². The van der Waals surface area contributed by atoms with Gasteiger partial charge in [-0.3, -0.25) is 0 Å². The first kappa shape index (κ1) is 13.5. The third-order valence-electron chi connectivity index (χ3n) is 3.02. The number of nitrogens with zero attached hydrogens (tertiary/aromatic N) is 2. The molecule has 0 aliphatic heterocycles. The highest BCUT2D eigenvalue weighted by Gasteiger charge is 2.06. The monoisotopic (exact) mass is 270 g/mol. The van der Waals surface area contributed by atoms with E-state index in [9.17, 15) is 0 Å². The molecule has 0 atom stereocenters. The van der Waals surface area contributed by atoms with Crippen molar-refractivity contribution < 1.29 is 0 Å². The number of rotatable bonds is 3. The first-order valence-electron chi connectivity index (χ1n) is 6.06. The predicted octanol–water partition coefficient (Wildman–Crippen LogP) is 4.16. The van der Waals surface area contributed by atoms with E-state index in [4.69, 9.17) is 16.9 Å². The Morgan fingerprint density at radius 1 is 1.21 bits per heavy atom. The lowest BCUT2D eigenvalue weighted by Gasteiger charge is -2.20. The van der Waals surface area contributed by atoms with Crippen LogP contribution in [0, 0.1) is 18.3 Å². The third-order valence-corrected chi connectivity index (χ3v) is 3.33. The zero-order valence-corrected chi connectivity index (χ0v) is 11.8. The minimum absolute atomic E-state index is 0.496. The predicted molar refractivity (Wildman–Crippen MR) is 79.5 cm³/mol. The van der Waals surface area contributed by atoms with Crippen LogP contribution in [0.15, 0.2) is 42.5 Å². The maximum absolute atomic E-state index is 8.87. The Bertz CT molecular complexity index is 629. The molecule has 0 radical (unpaired) electrons. The van der Waals surface area contributed by atoms with Crippen LogP contribution >= 0.6 is 11.6 Å². The van der Waals surface area contributed by atoms with E-state index in [0.717, 1.165) is 12.2 Å². The van der Waals surface area contributed by atoms with Crippen LogP contribution in [0.4, 0.5) is 5.69 Å². The molecule has 0 bridgehead atoms. The minimum atomic E-state index is 0.496. The fourth-order valence-corrected chi connectivity index (χ4v) is 2.22. The summed E-state index contributed by atoms with van der Waals surface area (Å²) >= 11 is 6.05. The van der Waals surface area contributed by atoms with Crippen LogP contribution in [0.3, 0.4) is 0 Å². The molecule has 0 heterocycles. The van der Waals surface area contributed by atoms with Gasteiger partial charge in [0.25, 0.3) is 0 Å². The van der Waals surface area contributed by atoms with Crippen LogP contribution in [0.2, 0.25) is 5.02 Å². The molecule has 0 aliphatic rings. The van der Waals surface area contributed by atoms with E-state index < -0.39 is 0 Å². The Kier molecular flexibility index (Phi) is 4.09. The van der Waals surface area contributed by atoms with Crippen molar-refractivity contribution in [1.82, 2.24) is 0 Å². The van der Waals surface area contributed by atoms with Gasteiger partial charge in [-0.1, -0.05) is 41.4 Å². The summed E-state index contributed by atoms with van der Waals surface area (Å²) in [5.41, 5.74) is 4.02. The fourth-order valence-electron chi connectivity index (χ4n) is 2.01. The van der Waals surface area contributed by atoms with Gasteiger partial charge in [0.2, 0.25) is 0 Å². The molecule has 96 valence electrons. The molecule has 2 aromatic rings. The first-order chi connectivity index (χ1) is 9.10. The van der Waals surface area contributed by atoms with Crippen molar-refractivity contribution in [2.75, 3.05) is 11.9 Å². The summed E-state index contributed by atoms with van der Waals surface area (Å²) in [6, 6.07) is 16.0. The first-order valence-corrected chi connectivity index (χ1v) is 6.44. The van der Waals surface area contributed by atoms with Crippen LogP contribution in [0.5, 0.6) is 0 Å². The zero-order chi connectivity index (χ0) is 13.8. The lowest BCUT2D eigenvalue weighted by Crippen LogP contribution is -2.16. The van der Waals surface area contributed by atoms with Gasteiger partial charge in [-0.2, -0.15) is 5.26 Å². The van der Waals surface area contributed by atoms with Crippen molar-refractivity contribution in [3.8, 4) is 6.07 Å². The van der Waals surface area contributed by atoms with Gasteiger partial charge in [0, 0.05) is 19.3 Å². The lowest BCUT2D eigenvalue weighted by atomic mass is 10.1. The second kappa shape index (κ2) is 5.77. The van der Waals surface area contributed by atoms with Gasteiger partial charge >= 0.3 is 0 Å². The molecular weight excluding hydrogens is 256 g/mol. The minimum Gasteiger partial charge on any atom is -0.370 e. The Morgan fingerprint density at radius 2 is 2.00 bits per heavy atom. The normalized spacial score (nSPS) is 10.0. The fraction of sp³-hybridized carbons (Fsp3) is 0.188. The quantitative estimate of drug-likeness (QED) is 0.837. The molecule has 0 saturated carbocycles. The number of benzene rings is 2. The number of nitriles is 1. The molecule has 0 aliphatic carbocycles. The van der Waals surface area contributed by atoms with Crippen LogP contribution in [0.25, 0.3) is 0 Å². The van der Waals surface area contributed by atoms with E-state index in [-0.39, 0.29) is 0 Å². The second-order valence-electron chi connectivity index (χ2n) is 4.62. The van der Waals surface area contributed by atoms with Crippen molar-refractivity contribution in [3.63, 3.8) is 0 Å². The standard InChI is InChI=1S/C16H15ClN2/c1-12-4-3-5-13(8-12)11-19(2)15-7-6-14(10-18)16(17)9-15/h3-9H,11H2,1-2H3. The molecule has 3 heteroatoms. The van der Waals surface area contributed by atoms with Gasteiger partial charge in [0.05, 0.1) is 10.6 Å². The topological polar surface area (TPSA) is 27.0 Å². The molecule has 0 saturated heterocycles. The van der Waals surface area contributed by atoms with Crippen LogP contribution < -0.4 is 4.90 Å². The highest BCUT2D eigenvalue weighted by atomic mass is 35.5. The molecule has 19 heavy (non-hydrogen) atoms. The second-order valence-corrected chi connectivity index (χ2v) is 5.03. The highest BCUT2D eigenvalue weighted by molar-refractivity contribution is 6.32. The average Bonchev–Trinajstić information content (AvgIpc) is 2.38. The van der Waals surface area contributed by atoms with Gasteiger partial charge < -0.3 is 4.90 Å². The van der Waals surface area contributed by atoms with Crippen molar-refractivity contribution in [1.29, 1.82) is 5.26 Å². The van der Waals surface area contributed by atoms with E-state index in [1.807, 2.05) is 19.2 Å². The molecule has 0 spiro atoms. The SMILES string of the molecule is Cc1cccc(CN(C)c2ccc(C#N)c(Cl)c2)c1. The summed E-state index contributed by atoms with van der Waals surface area (Å²) in [6.45, 7) is 2.89.